The highest BCUT2D eigenvalue weighted by atomic mass is 127. The van der Waals surface area contributed by atoms with Gasteiger partial charge in [-0.05, 0) is 18.2 Å². The number of hydrogen-bond acceptors (Lipinski definition) is 4. The van der Waals surface area contributed by atoms with Crippen molar-refractivity contribution < 1.29 is 9.21 Å². The number of hydrogen-bond donors (Lipinski definition) is 3. The molecule has 23 heavy (non-hydrogen) atoms. The normalized spacial score (nSPS) is 10.8. The summed E-state index contributed by atoms with van der Waals surface area (Å²) in [5, 5.41) is 12.9. The zero-order valence-corrected chi connectivity index (χ0v) is 15.4. The molecule has 2 aromatic heterocycles. The van der Waals surface area contributed by atoms with Crippen LogP contribution < -0.4 is 16.0 Å². The van der Waals surface area contributed by atoms with Crippen LogP contribution in [0.1, 0.15) is 11.5 Å². The van der Waals surface area contributed by atoms with Crippen LogP contribution in [-0.2, 0) is 24.9 Å². The second-order valence-electron chi connectivity index (χ2n) is 4.58. The van der Waals surface area contributed by atoms with Crippen molar-refractivity contribution in [1.29, 1.82) is 0 Å². The summed E-state index contributed by atoms with van der Waals surface area (Å²) in [5.74, 6) is 1.13. The van der Waals surface area contributed by atoms with E-state index < -0.39 is 0 Å². The first-order chi connectivity index (χ1) is 10.7. The van der Waals surface area contributed by atoms with Crippen LogP contribution in [0.15, 0.2) is 40.1 Å². The van der Waals surface area contributed by atoms with Crippen molar-refractivity contribution in [3.8, 4) is 0 Å². The first-order valence-electron chi connectivity index (χ1n) is 6.89. The zero-order chi connectivity index (χ0) is 15.8. The fourth-order valence-electron chi connectivity index (χ4n) is 1.79. The number of guanidine groups is 1. The number of aryl methyl sites for hydroxylation is 1. The van der Waals surface area contributed by atoms with Gasteiger partial charge in [-0.25, -0.2) is 0 Å². The van der Waals surface area contributed by atoms with Gasteiger partial charge in [0.1, 0.15) is 5.76 Å². The summed E-state index contributed by atoms with van der Waals surface area (Å²) in [5.41, 5.74) is 1.02. The Morgan fingerprint density at radius 2 is 2.13 bits per heavy atom. The molecule has 9 heteroatoms. The van der Waals surface area contributed by atoms with Crippen molar-refractivity contribution in [1.82, 2.24) is 25.7 Å². The van der Waals surface area contributed by atoms with Gasteiger partial charge in [-0.15, -0.1) is 24.0 Å². The number of amides is 1. The topological polar surface area (TPSA) is 96.5 Å². The van der Waals surface area contributed by atoms with Gasteiger partial charge >= 0.3 is 0 Å². The van der Waals surface area contributed by atoms with Crippen molar-refractivity contribution >= 4 is 35.8 Å². The van der Waals surface area contributed by atoms with Crippen LogP contribution in [0.4, 0.5) is 0 Å². The van der Waals surface area contributed by atoms with Gasteiger partial charge in [-0.3, -0.25) is 14.5 Å². The predicted octanol–water partition coefficient (Wildman–Crippen LogP) is 0.612. The summed E-state index contributed by atoms with van der Waals surface area (Å²) in [7, 11) is 3.52. The lowest BCUT2D eigenvalue weighted by Gasteiger charge is -2.11. The highest BCUT2D eigenvalue weighted by Gasteiger charge is 2.05. The minimum Gasteiger partial charge on any atom is -0.467 e. The Kier molecular flexibility index (Phi) is 8.16. The maximum absolute atomic E-state index is 11.7. The monoisotopic (exact) mass is 432 g/mol. The lowest BCUT2D eigenvalue weighted by Crippen LogP contribution is -2.42. The van der Waals surface area contributed by atoms with Crippen LogP contribution in [0.2, 0.25) is 0 Å². The molecule has 8 nitrogen and oxygen atoms in total. The summed E-state index contributed by atoms with van der Waals surface area (Å²) < 4.78 is 6.92. The SMILES string of the molecule is CN=C(NCC(=O)NCc1ccco1)NCc1ccnn1C.I. The lowest BCUT2D eigenvalue weighted by molar-refractivity contribution is -0.120. The standard InChI is InChI=1S/C14H20N6O2.HI/c1-15-14(17-8-11-5-6-19-20(11)2)18-10-13(21)16-9-12-4-3-7-22-12;/h3-7H,8-10H2,1-2H3,(H,16,21)(H2,15,17,18);1H. The molecule has 3 N–H and O–H groups in total. The third kappa shape index (κ3) is 6.30. The molecule has 126 valence electrons. The number of nitrogens with zero attached hydrogens (tertiary/aromatic N) is 3. The van der Waals surface area contributed by atoms with E-state index in [1.54, 1.807) is 30.3 Å². The maximum Gasteiger partial charge on any atom is 0.239 e. The molecule has 0 aliphatic carbocycles. The molecule has 1 amide bonds. The molecular weight excluding hydrogens is 411 g/mol. The van der Waals surface area contributed by atoms with Gasteiger partial charge < -0.3 is 20.4 Å². The van der Waals surface area contributed by atoms with Crippen molar-refractivity contribution in [3.63, 3.8) is 0 Å². The van der Waals surface area contributed by atoms with E-state index in [9.17, 15) is 4.79 Å². The van der Waals surface area contributed by atoms with Gasteiger partial charge in [0.2, 0.25) is 5.91 Å². The van der Waals surface area contributed by atoms with Gasteiger partial charge in [0.25, 0.3) is 0 Å². The third-order valence-corrected chi connectivity index (χ3v) is 3.04. The van der Waals surface area contributed by atoms with Crippen LogP contribution in [0.5, 0.6) is 0 Å². The first-order valence-corrected chi connectivity index (χ1v) is 6.89. The van der Waals surface area contributed by atoms with E-state index in [-0.39, 0.29) is 36.4 Å². The third-order valence-electron chi connectivity index (χ3n) is 3.04. The fourth-order valence-corrected chi connectivity index (χ4v) is 1.79. The van der Waals surface area contributed by atoms with Gasteiger partial charge in [0.05, 0.1) is 31.6 Å². The predicted molar refractivity (Wildman–Crippen MR) is 97.4 cm³/mol. The van der Waals surface area contributed by atoms with Crippen molar-refractivity contribution in [3.05, 3.63) is 42.1 Å². The van der Waals surface area contributed by atoms with Gasteiger partial charge in [0, 0.05) is 20.3 Å². The molecule has 2 heterocycles. The van der Waals surface area contributed by atoms with E-state index in [1.807, 2.05) is 19.2 Å². The molecule has 0 aliphatic heterocycles. The molecule has 0 unspecified atom stereocenters. The molecule has 0 saturated carbocycles. The van der Waals surface area contributed by atoms with E-state index in [4.69, 9.17) is 4.42 Å². The Hall–Kier alpha value is -2.04. The Labute approximate surface area is 151 Å². The van der Waals surface area contributed by atoms with Crippen LogP contribution >= 0.6 is 24.0 Å². The maximum atomic E-state index is 11.7. The minimum atomic E-state index is -0.139. The molecule has 0 saturated heterocycles. The van der Waals surface area contributed by atoms with Gasteiger partial charge in [-0.1, -0.05) is 0 Å². The van der Waals surface area contributed by atoms with E-state index in [2.05, 4.69) is 26.0 Å². The Balaban J connectivity index is 0.00000264. The summed E-state index contributed by atoms with van der Waals surface area (Å²) in [4.78, 5) is 15.8. The van der Waals surface area contributed by atoms with Crippen LogP contribution in [0, 0.1) is 0 Å². The molecule has 0 spiro atoms. The van der Waals surface area contributed by atoms with Crippen molar-refractivity contribution in [2.24, 2.45) is 12.0 Å². The highest BCUT2D eigenvalue weighted by Crippen LogP contribution is 1.98. The summed E-state index contributed by atoms with van der Waals surface area (Å²) >= 11 is 0. The summed E-state index contributed by atoms with van der Waals surface area (Å²) in [6.07, 6.45) is 3.30. The molecule has 0 aromatic carbocycles. The largest absolute Gasteiger partial charge is 0.467 e. The van der Waals surface area contributed by atoms with Gasteiger partial charge in [0.15, 0.2) is 5.96 Å². The van der Waals surface area contributed by atoms with Crippen molar-refractivity contribution in [2.45, 2.75) is 13.1 Å². The second-order valence-corrected chi connectivity index (χ2v) is 4.58. The molecule has 0 atom stereocenters. The Bertz CT molecular complexity index is 623. The number of halogens is 1. The number of rotatable bonds is 6. The molecule has 0 bridgehead atoms. The smallest absolute Gasteiger partial charge is 0.239 e. The number of carbonyl (C=O) groups is 1. The number of nitrogens with one attached hydrogen (secondary N) is 3. The second kappa shape index (κ2) is 9.87. The minimum absolute atomic E-state index is 0. The molecule has 2 rings (SSSR count). The van der Waals surface area contributed by atoms with Crippen LogP contribution in [-0.4, -0.2) is 35.2 Å². The van der Waals surface area contributed by atoms with Crippen LogP contribution in [0.25, 0.3) is 0 Å². The average molecular weight is 432 g/mol. The average Bonchev–Trinajstić information content (AvgIpc) is 3.17. The molecule has 0 fully saturated rings. The summed E-state index contributed by atoms with van der Waals surface area (Å²) in [6, 6.07) is 5.50. The van der Waals surface area contributed by atoms with E-state index in [0.29, 0.717) is 24.8 Å². The number of furan rings is 1. The quantitative estimate of drug-likeness (QED) is 0.353. The van der Waals surface area contributed by atoms with E-state index in [1.165, 1.54) is 0 Å². The van der Waals surface area contributed by atoms with Gasteiger partial charge in [-0.2, -0.15) is 5.10 Å². The fraction of sp³-hybridized carbons (Fsp3) is 0.357. The van der Waals surface area contributed by atoms with Crippen molar-refractivity contribution in [2.75, 3.05) is 13.6 Å². The first kappa shape index (κ1) is 19.0. The van der Waals surface area contributed by atoms with E-state index >= 15 is 0 Å². The number of aromatic nitrogens is 2. The molecule has 0 aliphatic rings. The lowest BCUT2D eigenvalue weighted by atomic mass is 10.4. The number of carbonyl (C=O) groups excluding carboxylic acids is 1. The highest BCUT2D eigenvalue weighted by molar-refractivity contribution is 14.0. The molecule has 2 aromatic rings. The Morgan fingerprint density at radius 3 is 2.74 bits per heavy atom. The van der Waals surface area contributed by atoms with E-state index in [0.717, 1.165) is 5.69 Å². The zero-order valence-electron chi connectivity index (χ0n) is 13.1. The Morgan fingerprint density at radius 1 is 1.30 bits per heavy atom. The summed E-state index contributed by atoms with van der Waals surface area (Å²) in [6.45, 7) is 1.07. The molecule has 0 radical (unpaired) electrons. The molecular formula is C14H21IN6O2. The van der Waals surface area contributed by atoms with Crippen LogP contribution in [0.3, 0.4) is 0 Å². The number of aliphatic imine (C=N–C) groups is 1.